The van der Waals surface area contributed by atoms with E-state index in [-0.39, 0.29) is 0 Å². The summed E-state index contributed by atoms with van der Waals surface area (Å²) in [5.41, 5.74) is 0. The van der Waals surface area contributed by atoms with Crippen LogP contribution in [0.1, 0.15) is 103 Å². The lowest BCUT2D eigenvalue weighted by Gasteiger charge is -2.06. The van der Waals surface area contributed by atoms with Crippen LogP contribution < -0.4 is 0 Å². The van der Waals surface area contributed by atoms with Gasteiger partial charge in [-0.15, -0.1) is 0 Å². The molecular weight excluding hydrogens is 520 g/mol. The first kappa shape index (κ1) is 31.3. The Morgan fingerprint density at radius 3 is 1.16 bits per heavy atom. The molecule has 3 nitrogen and oxygen atoms in total. The molecule has 0 unspecified atom stereocenters. The molecule has 0 saturated heterocycles. The fourth-order valence-electron chi connectivity index (χ4n) is 3.12. The minimum absolute atomic E-state index is 0.327. The van der Waals surface area contributed by atoms with Crippen LogP contribution in [0, 0.1) is 0 Å². The summed E-state index contributed by atoms with van der Waals surface area (Å²) in [5, 5.41) is 2.28. The Morgan fingerprint density at radius 2 is 0.742 bits per heavy atom. The van der Waals surface area contributed by atoms with Crippen molar-refractivity contribution in [2.24, 2.45) is 0 Å². The first-order valence-electron chi connectivity index (χ1n) is 12.6. The van der Waals surface area contributed by atoms with E-state index >= 15 is 0 Å². The fourth-order valence-corrected chi connectivity index (χ4v) is 3.91. The molecule has 0 aromatic carbocycles. The van der Waals surface area contributed by atoms with E-state index in [1.54, 1.807) is 0 Å². The van der Waals surface area contributed by atoms with Crippen LogP contribution in [0.5, 0.6) is 0 Å². The van der Waals surface area contributed by atoms with E-state index in [1.165, 1.54) is 77.0 Å². The summed E-state index contributed by atoms with van der Waals surface area (Å²) in [6.45, 7) is 2.15. The van der Waals surface area contributed by atoms with Crippen molar-refractivity contribution in [1.82, 2.24) is 0 Å². The third kappa shape index (κ3) is 30.3. The number of allylic oxidation sites excluding steroid dienone is 4. The van der Waals surface area contributed by atoms with Gasteiger partial charge in [-0.1, -0.05) is 94.7 Å². The summed E-state index contributed by atoms with van der Waals surface area (Å²) in [7, 11) is 0. The van der Waals surface area contributed by atoms with E-state index in [1.807, 2.05) is 0 Å². The normalized spacial score (nSPS) is 11.9. The van der Waals surface area contributed by atoms with Crippen LogP contribution in [0.3, 0.4) is 0 Å². The van der Waals surface area contributed by atoms with Crippen LogP contribution in [-0.4, -0.2) is 37.5 Å². The van der Waals surface area contributed by atoms with Crippen LogP contribution in [0.15, 0.2) is 24.3 Å². The summed E-state index contributed by atoms with van der Waals surface area (Å²) >= 11 is 6.96. The van der Waals surface area contributed by atoms with Crippen LogP contribution >= 0.6 is 31.9 Å². The topological polar surface area (TPSA) is 27.7 Å². The lowest BCUT2D eigenvalue weighted by molar-refractivity contribution is -0.131. The second kappa shape index (κ2) is 30.3. The molecule has 0 aliphatic heterocycles. The van der Waals surface area contributed by atoms with Gasteiger partial charge in [0.25, 0.3) is 0 Å². The Kier molecular flexibility index (Phi) is 30.6. The summed E-state index contributed by atoms with van der Waals surface area (Å²) < 4.78 is 16.3. The van der Waals surface area contributed by atoms with Crippen molar-refractivity contribution in [2.75, 3.05) is 37.5 Å². The molecule has 0 rings (SSSR count). The number of rotatable bonds is 26. The van der Waals surface area contributed by atoms with Gasteiger partial charge in [0.2, 0.25) is 0 Å². The molecule has 0 atom stereocenters. The highest BCUT2D eigenvalue weighted by Crippen LogP contribution is 2.08. The summed E-state index contributed by atoms with van der Waals surface area (Å²) in [4.78, 5) is 0. The van der Waals surface area contributed by atoms with E-state index in [9.17, 15) is 0 Å². The molecule has 0 spiro atoms. The SMILES string of the molecule is BrCCCCCCCC=CCCCOCOCOCCCC=CCCCCCCCBr. The molecule has 0 aromatic rings. The van der Waals surface area contributed by atoms with E-state index in [2.05, 4.69) is 56.2 Å². The van der Waals surface area contributed by atoms with Crippen molar-refractivity contribution in [1.29, 1.82) is 0 Å². The van der Waals surface area contributed by atoms with E-state index in [4.69, 9.17) is 14.2 Å². The summed E-state index contributed by atoms with van der Waals surface area (Å²) in [5.74, 6) is 0. The van der Waals surface area contributed by atoms with E-state index < -0.39 is 0 Å². The molecule has 184 valence electrons. The van der Waals surface area contributed by atoms with E-state index in [0.717, 1.165) is 49.6 Å². The Labute approximate surface area is 210 Å². The molecule has 0 N–H and O–H groups in total. The standard InChI is InChI=1S/C26H48Br2O3/c27-21-17-13-9-5-1-3-7-11-15-19-23-29-25-31-26-30-24-20-16-12-8-4-2-6-10-14-18-22-28/h7-8,11-12H,1-6,9-10,13-26H2. The number of hydrogen-bond donors (Lipinski definition) is 0. The Bertz CT molecular complexity index is 342. The zero-order chi connectivity index (χ0) is 22.5. The van der Waals surface area contributed by atoms with Gasteiger partial charge in [-0.25, -0.2) is 0 Å². The van der Waals surface area contributed by atoms with Crippen molar-refractivity contribution in [3.63, 3.8) is 0 Å². The quantitative estimate of drug-likeness (QED) is 0.0451. The van der Waals surface area contributed by atoms with Gasteiger partial charge < -0.3 is 14.2 Å². The molecule has 0 fully saturated rings. The van der Waals surface area contributed by atoms with Crippen LogP contribution in [-0.2, 0) is 14.2 Å². The molecule has 0 amide bonds. The first-order chi connectivity index (χ1) is 15.4. The fraction of sp³-hybridized carbons (Fsp3) is 0.846. The molecule has 5 heteroatoms. The van der Waals surface area contributed by atoms with Crippen molar-refractivity contribution in [3.05, 3.63) is 24.3 Å². The van der Waals surface area contributed by atoms with Gasteiger partial charge in [0.1, 0.15) is 13.6 Å². The van der Waals surface area contributed by atoms with Crippen molar-refractivity contribution < 1.29 is 14.2 Å². The molecule has 0 radical (unpaired) electrons. The maximum Gasteiger partial charge on any atom is 0.149 e. The van der Waals surface area contributed by atoms with Crippen molar-refractivity contribution in [2.45, 2.75) is 103 Å². The molecule has 0 aromatic heterocycles. The van der Waals surface area contributed by atoms with Gasteiger partial charge in [-0.05, 0) is 64.2 Å². The van der Waals surface area contributed by atoms with Crippen molar-refractivity contribution >= 4 is 31.9 Å². The predicted molar refractivity (Wildman–Crippen MR) is 142 cm³/mol. The number of ether oxygens (including phenoxy) is 3. The maximum absolute atomic E-state index is 5.48. The highest BCUT2D eigenvalue weighted by atomic mass is 79.9. The van der Waals surface area contributed by atoms with Gasteiger partial charge in [0.15, 0.2) is 0 Å². The predicted octanol–water partition coefficient (Wildman–Crippen LogP) is 9.10. The lowest BCUT2D eigenvalue weighted by atomic mass is 10.1. The van der Waals surface area contributed by atoms with E-state index in [0.29, 0.717) is 13.6 Å². The van der Waals surface area contributed by atoms with Gasteiger partial charge in [0.05, 0.1) is 0 Å². The second-order valence-corrected chi connectivity index (χ2v) is 9.56. The molecule has 0 bridgehead atoms. The highest BCUT2D eigenvalue weighted by molar-refractivity contribution is 9.09. The van der Waals surface area contributed by atoms with Gasteiger partial charge >= 0.3 is 0 Å². The zero-order valence-corrected chi connectivity index (χ0v) is 23.0. The van der Waals surface area contributed by atoms with Crippen LogP contribution in [0.25, 0.3) is 0 Å². The maximum atomic E-state index is 5.48. The molecular formula is C26H48Br2O3. The number of unbranched alkanes of at least 4 members (excludes halogenated alkanes) is 12. The molecule has 0 heterocycles. The smallest absolute Gasteiger partial charge is 0.149 e. The average molecular weight is 568 g/mol. The second-order valence-electron chi connectivity index (χ2n) is 7.97. The Morgan fingerprint density at radius 1 is 0.387 bits per heavy atom. The Hall–Kier alpha value is 0.320. The summed E-state index contributed by atoms with van der Waals surface area (Å²) in [6.07, 6.45) is 29.3. The number of hydrogen-bond acceptors (Lipinski definition) is 3. The molecule has 0 aliphatic rings. The zero-order valence-electron chi connectivity index (χ0n) is 19.8. The lowest BCUT2D eigenvalue weighted by Crippen LogP contribution is -2.06. The Balaban J connectivity index is 3.10. The molecule has 0 aliphatic carbocycles. The first-order valence-corrected chi connectivity index (χ1v) is 14.8. The minimum atomic E-state index is 0.327. The summed E-state index contributed by atoms with van der Waals surface area (Å²) in [6, 6.07) is 0. The third-order valence-electron chi connectivity index (χ3n) is 4.99. The van der Waals surface area contributed by atoms with Crippen molar-refractivity contribution in [3.8, 4) is 0 Å². The van der Waals surface area contributed by atoms with Gasteiger partial charge in [-0.3, -0.25) is 0 Å². The molecule has 31 heavy (non-hydrogen) atoms. The van der Waals surface area contributed by atoms with Crippen LogP contribution in [0.2, 0.25) is 0 Å². The third-order valence-corrected chi connectivity index (χ3v) is 6.12. The monoisotopic (exact) mass is 566 g/mol. The van der Waals surface area contributed by atoms with Gasteiger partial charge in [0, 0.05) is 23.9 Å². The molecule has 0 saturated carbocycles. The number of alkyl halides is 2. The largest absolute Gasteiger partial charge is 0.355 e. The number of halogens is 2. The van der Waals surface area contributed by atoms with Gasteiger partial charge in [-0.2, -0.15) is 0 Å². The minimum Gasteiger partial charge on any atom is -0.355 e. The highest BCUT2D eigenvalue weighted by Gasteiger charge is 1.92. The van der Waals surface area contributed by atoms with Crippen LogP contribution in [0.4, 0.5) is 0 Å². The average Bonchev–Trinajstić information content (AvgIpc) is 2.78.